The number of hydrazone groups is 1. The summed E-state index contributed by atoms with van der Waals surface area (Å²) in [6.07, 6.45) is 0.343. The number of esters is 1. The summed E-state index contributed by atoms with van der Waals surface area (Å²) in [4.78, 5) is 24.6. The van der Waals surface area contributed by atoms with Crippen molar-refractivity contribution in [3.05, 3.63) is 92.1 Å². The Labute approximate surface area is 279 Å². The number of carbonyl (C=O) groups is 2. The van der Waals surface area contributed by atoms with Crippen molar-refractivity contribution in [3.8, 4) is 23.0 Å². The van der Waals surface area contributed by atoms with Gasteiger partial charge in [0, 0.05) is 10.7 Å². The molecule has 244 valence electrons. The Morgan fingerprint density at radius 1 is 1.11 bits per heavy atom. The van der Waals surface area contributed by atoms with E-state index in [-0.39, 0.29) is 12.2 Å². The fourth-order valence-corrected chi connectivity index (χ4v) is 5.34. The molecule has 0 spiro atoms. The average molecular weight is 718 g/mol. The molecule has 0 bridgehead atoms. The van der Waals surface area contributed by atoms with Gasteiger partial charge in [-0.25, -0.2) is 9.59 Å². The molecular formula is C32H34BrClN4O8. The van der Waals surface area contributed by atoms with E-state index in [1.54, 1.807) is 43.3 Å². The number of aliphatic hydroxyl groups excluding tert-OH is 1. The molecule has 2 atom stereocenters. The van der Waals surface area contributed by atoms with Gasteiger partial charge in [-0.2, -0.15) is 5.10 Å². The normalized spacial score (nSPS) is 15.1. The maximum atomic E-state index is 12.5. The number of methoxy groups -OCH3 is 2. The van der Waals surface area contributed by atoms with Gasteiger partial charge < -0.3 is 39.4 Å². The lowest BCUT2D eigenvalue weighted by molar-refractivity contribution is -0.136. The average Bonchev–Trinajstić information content (AvgIpc) is 3.03. The van der Waals surface area contributed by atoms with Crippen LogP contribution in [0.2, 0.25) is 5.02 Å². The lowest BCUT2D eigenvalue weighted by atomic mass is 9.95. The summed E-state index contributed by atoms with van der Waals surface area (Å²) in [6.45, 7) is 3.88. The van der Waals surface area contributed by atoms with Crippen LogP contribution in [0.15, 0.2) is 75.4 Å². The third-order valence-electron chi connectivity index (χ3n) is 6.63. The van der Waals surface area contributed by atoms with Gasteiger partial charge in [-0.3, -0.25) is 5.43 Å². The van der Waals surface area contributed by atoms with E-state index in [9.17, 15) is 14.7 Å². The van der Waals surface area contributed by atoms with Gasteiger partial charge in [0.1, 0.15) is 13.2 Å². The summed E-state index contributed by atoms with van der Waals surface area (Å²) in [5, 5.41) is 20.6. The summed E-state index contributed by atoms with van der Waals surface area (Å²) in [6, 6.07) is 14.7. The molecule has 0 fully saturated rings. The minimum Gasteiger partial charge on any atom is -0.493 e. The van der Waals surface area contributed by atoms with Crippen LogP contribution in [0, 0.1) is 0 Å². The summed E-state index contributed by atoms with van der Waals surface area (Å²) < 4.78 is 28.6. The van der Waals surface area contributed by atoms with Crippen LogP contribution >= 0.6 is 27.5 Å². The Morgan fingerprint density at radius 3 is 2.63 bits per heavy atom. The molecule has 0 aliphatic carbocycles. The minimum atomic E-state index is -1.17. The van der Waals surface area contributed by atoms with E-state index in [0.717, 1.165) is 5.56 Å². The standard InChI is InChI=1S/C32H34BrClN4O8/c1-5-44-25-14-21(29-28(31(40)43-4)18(2)36-32(41)37-29)9-10-24(25)45-17-27(39)38-35-15-20-12-23(33)30(26(13-20)42-3)46-16-19-7-6-8-22(34)11-19/h6-15,27,29,38-39H,5,16-17H2,1-4H3,(H2,36,37,41)/b35-15+/t27-,29+/m1/s1. The highest BCUT2D eigenvalue weighted by Gasteiger charge is 2.32. The number of halogens is 2. The van der Waals surface area contributed by atoms with Crippen molar-refractivity contribution >= 4 is 45.7 Å². The fourth-order valence-electron chi connectivity index (χ4n) is 4.56. The Kier molecular flexibility index (Phi) is 12.1. The molecule has 0 saturated carbocycles. The highest BCUT2D eigenvalue weighted by Crippen LogP contribution is 2.37. The molecule has 4 rings (SSSR count). The van der Waals surface area contributed by atoms with E-state index in [2.05, 4.69) is 37.1 Å². The first-order valence-corrected chi connectivity index (χ1v) is 15.3. The predicted molar refractivity (Wildman–Crippen MR) is 175 cm³/mol. The van der Waals surface area contributed by atoms with Gasteiger partial charge in [-0.15, -0.1) is 0 Å². The zero-order valence-corrected chi connectivity index (χ0v) is 27.9. The van der Waals surface area contributed by atoms with Crippen molar-refractivity contribution in [2.24, 2.45) is 5.10 Å². The number of amides is 2. The summed E-state index contributed by atoms with van der Waals surface area (Å²) >= 11 is 9.59. The molecule has 46 heavy (non-hydrogen) atoms. The van der Waals surface area contributed by atoms with E-state index in [0.29, 0.717) is 62.5 Å². The maximum Gasteiger partial charge on any atom is 0.337 e. The maximum absolute atomic E-state index is 12.5. The largest absolute Gasteiger partial charge is 0.493 e. The van der Waals surface area contributed by atoms with Crippen molar-refractivity contribution < 1.29 is 38.4 Å². The van der Waals surface area contributed by atoms with Crippen LogP contribution in [0.1, 0.15) is 36.6 Å². The molecule has 1 aliphatic heterocycles. The first-order valence-electron chi connectivity index (χ1n) is 14.1. The quantitative estimate of drug-likeness (QED) is 0.0764. The van der Waals surface area contributed by atoms with Crippen molar-refractivity contribution in [1.82, 2.24) is 16.1 Å². The van der Waals surface area contributed by atoms with E-state index in [1.165, 1.54) is 20.4 Å². The molecule has 4 N–H and O–H groups in total. The van der Waals surface area contributed by atoms with Crippen LogP contribution in [-0.4, -0.2) is 57.0 Å². The third kappa shape index (κ3) is 8.83. The molecule has 0 radical (unpaired) electrons. The van der Waals surface area contributed by atoms with Crippen LogP contribution < -0.4 is 35.0 Å². The first-order chi connectivity index (χ1) is 22.1. The van der Waals surface area contributed by atoms with E-state index < -0.39 is 24.3 Å². The summed E-state index contributed by atoms with van der Waals surface area (Å²) in [5.74, 6) is 1.14. The minimum absolute atomic E-state index is 0.170. The highest BCUT2D eigenvalue weighted by atomic mass is 79.9. The molecule has 1 aliphatic rings. The molecule has 0 saturated heterocycles. The Morgan fingerprint density at radius 2 is 1.91 bits per heavy atom. The number of carbonyl (C=O) groups excluding carboxylic acids is 2. The van der Waals surface area contributed by atoms with Gasteiger partial charge in [0.25, 0.3) is 0 Å². The van der Waals surface area contributed by atoms with Crippen LogP contribution in [0.4, 0.5) is 4.79 Å². The van der Waals surface area contributed by atoms with E-state index in [4.69, 9.17) is 35.3 Å². The lowest BCUT2D eigenvalue weighted by Crippen LogP contribution is -2.45. The molecule has 3 aromatic rings. The number of aliphatic hydroxyl groups is 1. The topological polar surface area (TPSA) is 149 Å². The number of rotatable bonds is 14. The zero-order chi connectivity index (χ0) is 33.2. The monoisotopic (exact) mass is 716 g/mol. The lowest BCUT2D eigenvalue weighted by Gasteiger charge is -2.28. The van der Waals surface area contributed by atoms with Gasteiger partial charge in [-0.05, 0) is 82.9 Å². The third-order valence-corrected chi connectivity index (χ3v) is 7.46. The summed E-state index contributed by atoms with van der Waals surface area (Å²) in [5.41, 5.74) is 5.44. The van der Waals surface area contributed by atoms with Gasteiger partial charge in [0.2, 0.25) is 0 Å². The first kappa shape index (κ1) is 34.4. The van der Waals surface area contributed by atoms with Gasteiger partial charge in [0.15, 0.2) is 29.2 Å². The Balaban J connectivity index is 1.39. The molecule has 2 amide bonds. The van der Waals surface area contributed by atoms with E-state index in [1.807, 2.05) is 25.1 Å². The molecule has 0 aromatic heterocycles. The summed E-state index contributed by atoms with van der Waals surface area (Å²) in [7, 11) is 2.81. The van der Waals surface area contributed by atoms with Crippen LogP contribution in [0.5, 0.6) is 23.0 Å². The van der Waals surface area contributed by atoms with E-state index >= 15 is 0 Å². The smallest absolute Gasteiger partial charge is 0.337 e. The Hall–Kier alpha value is -4.46. The SMILES string of the molecule is CCOc1cc([C@@H]2NC(=O)NC(C)=C2C(=O)OC)ccc1OC[C@@H](O)N/N=C/c1cc(Br)c(OCc2cccc(Cl)c2)c(OC)c1. The highest BCUT2D eigenvalue weighted by molar-refractivity contribution is 9.10. The van der Waals surface area contributed by atoms with Gasteiger partial charge >= 0.3 is 12.0 Å². The number of hydrogen-bond acceptors (Lipinski definition) is 10. The molecule has 1 heterocycles. The molecule has 0 unspecified atom stereocenters. The van der Waals surface area contributed by atoms with Gasteiger partial charge in [0.05, 0.1) is 43.1 Å². The Bertz CT molecular complexity index is 1630. The number of hydrogen-bond donors (Lipinski definition) is 4. The number of benzene rings is 3. The number of ether oxygens (including phenoxy) is 5. The van der Waals surface area contributed by atoms with Crippen LogP contribution in [0.3, 0.4) is 0 Å². The second kappa shape index (κ2) is 16.2. The predicted octanol–water partition coefficient (Wildman–Crippen LogP) is 5.21. The van der Waals surface area contributed by atoms with Crippen LogP contribution in [-0.2, 0) is 16.1 Å². The van der Waals surface area contributed by atoms with Crippen molar-refractivity contribution in [1.29, 1.82) is 0 Å². The molecule has 3 aromatic carbocycles. The number of nitrogens with one attached hydrogen (secondary N) is 3. The van der Waals surface area contributed by atoms with Crippen molar-refractivity contribution in [2.45, 2.75) is 32.7 Å². The second-order valence-electron chi connectivity index (χ2n) is 9.87. The van der Waals surface area contributed by atoms with Gasteiger partial charge in [-0.1, -0.05) is 29.8 Å². The molecular weight excluding hydrogens is 684 g/mol. The number of urea groups is 1. The zero-order valence-electron chi connectivity index (χ0n) is 25.6. The van der Waals surface area contributed by atoms with Crippen LogP contribution in [0.25, 0.3) is 0 Å². The number of nitrogens with zero attached hydrogens (tertiary/aromatic N) is 1. The molecule has 12 nitrogen and oxygen atoms in total. The number of allylic oxidation sites excluding steroid dienone is 1. The van der Waals surface area contributed by atoms with Crippen molar-refractivity contribution in [3.63, 3.8) is 0 Å². The fraction of sp³-hybridized carbons (Fsp3) is 0.281. The van der Waals surface area contributed by atoms with Crippen molar-refractivity contribution in [2.75, 3.05) is 27.4 Å². The molecule has 14 heteroatoms. The second-order valence-corrected chi connectivity index (χ2v) is 11.2.